The van der Waals surface area contributed by atoms with E-state index in [0.717, 1.165) is 70.6 Å². The Balaban J connectivity index is 4.12. The molecule has 458 valence electrons. The van der Waals surface area contributed by atoms with E-state index in [1.807, 2.05) is 0 Å². The summed E-state index contributed by atoms with van der Waals surface area (Å²) in [4.78, 5) is 38.3. The van der Waals surface area contributed by atoms with Gasteiger partial charge in [0.2, 0.25) is 0 Å². The molecule has 0 amide bonds. The maximum atomic E-state index is 12.9. The van der Waals surface area contributed by atoms with Crippen LogP contribution in [0.25, 0.3) is 0 Å². The minimum absolute atomic E-state index is 0.0723. The summed E-state index contributed by atoms with van der Waals surface area (Å²) < 4.78 is 16.9. The largest absolute Gasteiger partial charge is 0.462 e. The molecule has 1 unspecified atom stereocenters. The van der Waals surface area contributed by atoms with Crippen molar-refractivity contribution in [1.82, 2.24) is 0 Å². The van der Waals surface area contributed by atoms with Gasteiger partial charge in [-0.2, -0.15) is 0 Å². The van der Waals surface area contributed by atoms with Crippen LogP contribution in [0.5, 0.6) is 0 Å². The molecule has 0 bridgehead atoms. The van der Waals surface area contributed by atoms with Crippen molar-refractivity contribution < 1.29 is 28.6 Å². The van der Waals surface area contributed by atoms with E-state index in [-0.39, 0.29) is 31.1 Å². The van der Waals surface area contributed by atoms with Crippen LogP contribution in [0.2, 0.25) is 0 Å². The van der Waals surface area contributed by atoms with E-state index >= 15 is 0 Å². The summed E-state index contributed by atoms with van der Waals surface area (Å²) >= 11 is 0. The number of carbonyl (C=O) groups is 3. The van der Waals surface area contributed by atoms with Crippen molar-refractivity contribution in [3.05, 3.63) is 36.5 Å². The molecule has 0 rings (SSSR count). The van der Waals surface area contributed by atoms with E-state index in [1.54, 1.807) is 0 Å². The monoisotopic (exact) mass is 1100 g/mol. The first kappa shape index (κ1) is 75.6. The zero-order valence-electron chi connectivity index (χ0n) is 52.7. The van der Waals surface area contributed by atoms with Gasteiger partial charge < -0.3 is 14.2 Å². The van der Waals surface area contributed by atoms with Gasteiger partial charge in [0.05, 0.1) is 0 Å². The van der Waals surface area contributed by atoms with Gasteiger partial charge in [-0.05, 0) is 70.6 Å². The third-order valence-corrected chi connectivity index (χ3v) is 15.9. The van der Waals surface area contributed by atoms with Gasteiger partial charge in [-0.15, -0.1) is 0 Å². The van der Waals surface area contributed by atoms with Crippen LogP contribution in [-0.4, -0.2) is 37.2 Å². The first-order valence-electron chi connectivity index (χ1n) is 35.0. The smallest absolute Gasteiger partial charge is 0.306 e. The van der Waals surface area contributed by atoms with E-state index in [0.29, 0.717) is 19.3 Å². The molecule has 0 aliphatic rings. The quantitative estimate of drug-likeness (QED) is 0.0261. The van der Waals surface area contributed by atoms with Crippen molar-refractivity contribution in [3.8, 4) is 0 Å². The predicted octanol–water partition coefficient (Wildman–Crippen LogP) is 23.9. The molecule has 0 aliphatic carbocycles. The number of hydrogen-bond acceptors (Lipinski definition) is 6. The maximum Gasteiger partial charge on any atom is 0.306 e. The number of rotatable bonds is 65. The van der Waals surface area contributed by atoms with E-state index in [9.17, 15) is 14.4 Å². The highest BCUT2D eigenvalue weighted by molar-refractivity contribution is 5.71. The molecule has 0 aromatic carbocycles. The third-order valence-electron chi connectivity index (χ3n) is 15.9. The summed E-state index contributed by atoms with van der Waals surface area (Å²) in [5.74, 6) is -0.863. The van der Waals surface area contributed by atoms with Gasteiger partial charge in [0.1, 0.15) is 13.2 Å². The fourth-order valence-corrected chi connectivity index (χ4v) is 10.6. The summed E-state index contributed by atoms with van der Waals surface area (Å²) in [6, 6.07) is 0. The number of unbranched alkanes of at least 4 members (excludes halogenated alkanes) is 48. The number of hydrogen-bond donors (Lipinski definition) is 0. The lowest BCUT2D eigenvalue weighted by Gasteiger charge is -2.18. The van der Waals surface area contributed by atoms with Crippen LogP contribution < -0.4 is 0 Å². The van der Waals surface area contributed by atoms with Gasteiger partial charge in [-0.1, -0.05) is 333 Å². The molecular weight excluding hydrogens is 961 g/mol. The van der Waals surface area contributed by atoms with Crippen LogP contribution in [0.3, 0.4) is 0 Å². The molecule has 0 fully saturated rings. The molecule has 1 atom stereocenters. The average Bonchev–Trinajstić information content (AvgIpc) is 3.44. The highest BCUT2D eigenvalue weighted by Crippen LogP contribution is 2.19. The standard InChI is InChI=1S/C72H134O6/c1-4-7-10-13-16-19-22-24-26-28-30-31-32-33-34-35-36-37-38-39-40-42-43-45-47-50-53-56-59-62-65-71(74)77-68-69(67-76-70(73)64-61-58-55-52-49-21-18-15-12-9-6-3)78-72(75)66-63-60-57-54-51-48-46-44-41-29-27-25-23-20-17-14-11-8-5-2/h15,17-18,20,25,27,69H,4-14,16,19,21-24,26,28-68H2,1-3H3/b18-15-,20-17-,27-25-. The highest BCUT2D eigenvalue weighted by Gasteiger charge is 2.19. The second kappa shape index (κ2) is 67.1. The van der Waals surface area contributed by atoms with Gasteiger partial charge in [0.15, 0.2) is 6.10 Å². The molecule has 0 aromatic heterocycles. The van der Waals surface area contributed by atoms with Crippen LogP contribution in [-0.2, 0) is 28.6 Å². The number of esters is 3. The Morgan fingerprint density at radius 2 is 0.474 bits per heavy atom. The fraction of sp³-hybridized carbons (Fsp3) is 0.875. The summed E-state index contributed by atoms with van der Waals surface area (Å²) in [6.07, 6.45) is 83.3. The van der Waals surface area contributed by atoms with Gasteiger partial charge >= 0.3 is 17.9 Å². The van der Waals surface area contributed by atoms with Crippen LogP contribution in [0.15, 0.2) is 36.5 Å². The third kappa shape index (κ3) is 64.5. The van der Waals surface area contributed by atoms with Gasteiger partial charge in [-0.25, -0.2) is 0 Å². The SMILES string of the molecule is CCCC/C=C\CCCCCCCC(=O)OCC(COC(=O)CCCCCCCCCCCCCCCCCCCCCCCCCCCCCCCC)OC(=O)CCCCCCCCCCC/C=C\C/C=C\CCCCC. The molecule has 0 spiro atoms. The van der Waals surface area contributed by atoms with Crippen LogP contribution in [0.4, 0.5) is 0 Å². The molecule has 6 heteroatoms. The molecule has 6 nitrogen and oxygen atoms in total. The molecule has 0 N–H and O–H groups in total. The zero-order valence-corrected chi connectivity index (χ0v) is 52.7. The summed E-state index contributed by atoms with van der Waals surface area (Å²) in [5.41, 5.74) is 0. The van der Waals surface area contributed by atoms with Crippen molar-refractivity contribution in [2.45, 2.75) is 393 Å². The lowest BCUT2D eigenvalue weighted by Crippen LogP contribution is -2.30. The first-order chi connectivity index (χ1) is 38.5. The van der Waals surface area contributed by atoms with Crippen molar-refractivity contribution in [3.63, 3.8) is 0 Å². The molecule has 78 heavy (non-hydrogen) atoms. The normalized spacial score (nSPS) is 12.2. The molecular formula is C72H134O6. The summed E-state index contributed by atoms with van der Waals surface area (Å²) in [7, 11) is 0. The highest BCUT2D eigenvalue weighted by atomic mass is 16.6. The van der Waals surface area contributed by atoms with Crippen LogP contribution >= 0.6 is 0 Å². The number of allylic oxidation sites excluding steroid dienone is 6. The van der Waals surface area contributed by atoms with E-state index in [1.165, 1.54) is 276 Å². The van der Waals surface area contributed by atoms with Crippen LogP contribution in [0.1, 0.15) is 387 Å². The molecule has 0 saturated heterocycles. The molecule has 0 aromatic rings. The number of carbonyl (C=O) groups excluding carboxylic acids is 3. The van der Waals surface area contributed by atoms with E-state index < -0.39 is 6.10 Å². The van der Waals surface area contributed by atoms with E-state index in [2.05, 4.69) is 57.2 Å². The Kier molecular flexibility index (Phi) is 65.1. The van der Waals surface area contributed by atoms with Crippen LogP contribution in [0, 0.1) is 0 Å². The average molecular weight is 1100 g/mol. The van der Waals surface area contributed by atoms with Crippen molar-refractivity contribution >= 4 is 17.9 Å². The predicted molar refractivity (Wildman–Crippen MR) is 339 cm³/mol. The fourth-order valence-electron chi connectivity index (χ4n) is 10.6. The van der Waals surface area contributed by atoms with E-state index in [4.69, 9.17) is 14.2 Å². The Bertz CT molecular complexity index is 1300. The summed E-state index contributed by atoms with van der Waals surface area (Å²) in [5, 5.41) is 0. The second-order valence-corrected chi connectivity index (χ2v) is 23.8. The second-order valence-electron chi connectivity index (χ2n) is 23.8. The van der Waals surface area contributed by atoms with Gasteiger partial charge in [0, 0.05) is 19.3 Å². The lowest BCUT2D eigenvalue weighted by atomic mass is 10.0. The Morgan fingerprint density at radius 1 is 0.256 bits per heavy atom. The molecule has 0 saturated carbocycles. The number of ether oxygens (including phenoxy) is 3. The summed E-state index contributed by atoms with van der Waals surface area (Å²) in [6.45, 7) is 6.63. The molecule has 0 heterocycles. The van der Waals surface area contributed by atoms with Gasteiger partial charge in [-0.3, -0.25) is 14.4 Å². The topological polar surface area (TPSA) is 78.9 Å². The van der Waals surface area contributed by atoms with Gasteiger partial charge in [0.25, 0.3) is 0 Å². The minimum Gasteiger partial charge on any atom is -0.462 e. The van der Waals surface area contributed by atoms with Crippen molar-refractivity contribution in [2.75, 3.05) is 13.2 Å². The first-order valence-corrected chi connectivity index (χ1v) is 35.0. The maximum absolute atomic E-state index is 12.9. The lowest BCUT2D eigenvalue weighted by molar-refractivity contribution is -0.167. The van der Waals surface area contributed by atoms with Crippen molar-refractivity contribution in [1.29, 1.82) is 0 Å². The Morgan fingerprint density at radius 3 is 0.782 bits per heavy atom. The molecule has 0 radical (unpaired) electrons. The Labute approximate surface area is 486 Å². The van der Waals surface area contributed by atoms with Crippen molar-refractivity contribution in [2.24, 2.45) is 0 Å². The molecule has 0 aliphatic heterocycles. The Hall–Kier alpha value is -2.37. The zero-order chi connectivity index (χ0) is 56.4. The minimum atomic E-state index is -0.776.